The Morgan fingerprint density at radius 3 is 1.80 bits per heavy atom. The van der Waals surface area contributed by atoms with Gasteiger partial charge in [0.1, 0.15) is 11.3 Å². The largest absolute Gasteiger partial charge is 2.00 e. The first-order valence-corrected chi connectivity index (χ1v) is 3.73. The number of hydrogen-bond donors (Lipinski definition) is 2. The molecule has 6 heteroatoms. The second-order valence-electron chi connectivity index (χ2n) is 1.82. The Morgan fingerprint density at radius 1 is 1.13 bits per heavy atom. The zero-order valence-electron chi connectivity index (χ0n) is 8.58. The molecule has 0 radical (unpaired) electrons. The third kappa shape index (κ3) is 8.12. The minimum atomic E-state index is -1.11. The fourth-order valence-electron chi connectivity index (χ4n) is 0.654. The molecular weight excluding hydrogens is 379 g/mol. The Labute approximate surface area is 104 Å². The molecule has 0 heterocycles. The maximum Gasteiger partial charge on any atom is 2.00 e. The summed E-state index contributed by atoms with van der Waals surface area (Å²) in [5.74, 6) is -1.31. The van der Waals surface area contributed by atoms with Crippen LogP contribution in [0.4, 0.5) is 0 Å². The van der Waals surface area contributed by atoms with Gasteiger partial charge in [0.25, 0.3) is 0 Å². The van der Waals surface area contributed by atoms with Gasteiger partial charge in [0.15, 0.2) is 0 Å². The van der Waals surface area contributed by atoms with Gasteiger partial charge in [-0.2, -0.15) is 0 Å². The predicted molar refractivity (Wildman–Crippen MR) is 57.0 cm³/mol. The van der Waals surface area contributed by atoms with Crippen molar-refractivity contribution in [1.29, 1.82) is 0 Å². The minimum Gasteiger partial charge on any atom is -0.693 e. The zero-order chi connectivity index (χ0) is 9.56. The van der Waals surface area contributed by atoms with Gasteiger partial charge in [-0.15, -0.1) is 0 Å². The van der Waals surface area contributed by atoms with Crippen LogP contribution in [0.1, 0.15) is 24.2 Å². The van der Waals surface area contributed by atoms with Gasteiger partial charge in [-0.25, -0.2) is 4.79 Å². The van der Waals surface area contributed by atoms with E-state index in [2.05, 4.69) is 0 Å². The first-order chi connectivity index (χ1) is 5.72. The van der Waals surface area contributed by atoms with E-state index in [1.165, 1.54) is 12.1 Å². The van der Waals surface area contributed by atoms with Crippen molar-refractivity contribution in [3.63, 3.8) is 0 Å². The van der Waals surface area contributed by atoms with Crippen molar-refractivity contribution in [3.8, 4) is 5.75 Å². The number of nitrogens with two attached hydrogens (primary N) is 2. The molecule has 0 atom stereocenters. The number of aromatic hydroxyl groups is 1. The topological polar surface area (TPSA) is 125 Å². The van der Waals surface area contributed by atoms with Gasteiger partial charge in [0.05, 0.1) is 0 Å². The van der Waals surface area contributed by atoms with E-state index in [0.717, 1.165) is 0 Å². The van der Waals surface area contributed by atoms with Crippen LogP contribution in [0.15, 0.2) is 24.3 Å². The van der Waals surface area contributed by atoms with E-state index in [9.17, 15) is 4.79 Å². The fraction of sp³-hybridized carbons (Fsp3) is 0.222. The van der Waals surface area contributed by atoms with Crippen LogP contribution in [0.5, 0.6) is 5.75 Å². The van der Waals surface area contributed by atoms with Crippen LogP contribution in [0.2, 0.25) is 0 Å². The molecule has 1 aromatic rings. The Bertz CT molecular complexity index is 269. The van der Waals surface area contributed by atoms with Crippen LogP contribution in [0.3, 0.4) is 0 Å². The summed E-state index contributed by atoms with van der Waals surface area (Å²) in [5, 5.41) is 17.3. The monoisotopic (exact) mass is 395 g/mol. The molecule has 0 aliphatic carbocycles. The van der Waals surface area contributed by atoms with Crippen LogP contribution < -0.4 is 0 Å². The third-order valence-corrected chi connectivity index (χ3v) is 1.13. The van der Waals surface area contributed by atoms with Crippen molar-refractivity contribution < 1.29 is 36.1 Å². The van der Waals surface area contributed by atoms with E-state index in [1.54, 1.807) is 12.1 Å². The number of carboxylic acids is 1. The fourth-order valence-corrected chi connectivity index (χ4v) is 0.654. The molecule has 0 aliphatic heterocycles. The van der Waals surface area contributed by atoms with Gasteiger partial charge >= 0.3 is 27.0 Å². The van der Waals surface area contributed by atoms with Crippen LogP contribution in [-0.2, 0) is 21.1 Å². The normalized spacial score (nSPS) is 6.53. The third-order valence-electron chi connectivity index (χ3n) is 1.13. The molecule has 0 aliphatic rings. The van der Waals surface area contributed by atoms with Gasteiger partial charge in [-0.05, 0) is 12.1 Å². The molecule has 0 saturated carbocycles. The number of aromatic carboxylic acids is 1. The van der Waals surface area contributed by atoms with E-state index >= 15 is 0 Å². The molecule has 5 nitrogen and oxygen atoms in total. The number of benzene rings is 1. The van der Waals surface area contributed by atoms with E-state index in [-0.39, 0.29) is 44.7 Å². The molecule has 15 heavy (non-hydrogen) atoms. The first kappa shape index (κ1) is 23.7. The van der Waals surface area contributed by atoms with E-state index in [4.69, 9.17) is 10.2 Å². The first-order valence-electron chi connectivity index (χ1n) is 3.73. The Kier molecular flexibility index (Phi) is 20.7. The summed E-state index contributed by atoms with van der Waals surface area (Å²) in [7, 11) is 0. The van der Waals surface area contributed by atoms with Gasteiger partial charge < -0.3 is 22.5 Å². The molecule has 0 spiro atoms. The van der Waals surface area contributed by atoms with Crippen LogP contribution in [0, 0.1) is 0 Å². The van der Waals surface area contributed by atoms with Crippen molar-refractivity contribution in [2.75, 3.05) is 0 Å². The summed E-state index contributed by atoms with van der Waals surface area (Å²) in [6.45, 7) is 4.00. The molecule has 1 aromatic carbocycles. The SMILES string of the molecule is CC.O=C(O)c1ccccc1O.[NH2-].[NH2-].[Pt+2]. The second kappa shape index (κ2) is 13.1. The average Bonchev–Trinajstić information content (AvgIpc) is 2.08. The number of phenols is 1. The summed E-state index contributed by atoms with van der Waals surface area (Å²) < 4.78 is 0. The van der Waals surface area contributed by atoms with Crippen LogP contribution in [0.25, 0.3) is 12.3 Å². The molecule has 90 valence electrons. The molecule has 6 N–H and O–H groups in total. The molecule has 0 fully saturated rings. The average molecular weight is 395 g/mol. The summed E-state index contributed by atoms with van der Waals surface area (Å²) in [5.41, 5.74) is -0.0671. The molecule has 0 bridgehead atoms. The molecule has 0 aromatic heterocycles. The van der Waals surface area contributed by atoms with Gasteiger partial charge in [0, 0.05) is 0 Å². The number of para-hydroxylation sites is 1. The standard InChI is InChI=1S/C7H6O3.C2H6.2H2N.Pt/c8-6-4-2-1-3-5(6)7(9)10;1-2;;;/h1-4,8H,(H,9,10);1-2H3;2*1H2;/q;;2*-1;+2. The molecule has 0 amide bonds. The van der Waals surface area contributed by atoms with E-state index in [0.29, 0.717) is 0 Å². The van der Waals surface area contributed by atoms with Gasteiger partial charge in [-0.3, -0.25) is 0 Å². The predicted octanol–water partition coefficient (Wildman–Crippen LogP) is 3.55. The Hall–Kier alpha value is -0.902. The molecule has 0 saturated heterocycles. The maximum atomic E-state index is 10.3. The quantitative estimate of drug-likeness (QED) is 0.755. The van der Waals surface area contributed by atoms with Crippen molar-refractivity contribution in [2.24, 2.45) is 0 Å². The number of rotatable bonds is 1. The van der Waals surface area contributed by atoms with Crippen molar-refractivity contribution in [3.05, 3.63) is 42.1 Å². The van der Waals surface area contributed by atoms with E-state index < -0.39 is 5.97 Å². The number of carboxylic acid groups (broad SMARTS) is 1. The maximum absolute atomic E-state index is 10.3. The summed E-state index contributed by atoms with van der Waals surface area (Å²) in [4.78, 5) is 10.3. The van der Waals surface area contributed by atoms with Crippen molar-refractivity contribution in [2.45, 2.75) is 13.8 Å². The summed E-state index contributed by atoms with van der Waals surface area (Å²) in [6, 6.07) is 5.81. The van der Waals surface area contributed by atoms with Crippen molar-refractivity contribution in [1.82, 2.24) is 0 Å². The summed E-state index contributed by atoms with van der Waals surface area (Å²) in [6.07, 6.45) is 0. The van der Waals surface area contributed by atoms with Crippen molar-refractivity contribution >= 4 is 5.97 Å². The second-order valence-corrected chi connectivity index (χ2v) is 1.82. The molecule has 0 unspecified atom stereocenters. The zero-order valence-corrected chi connectivity index (χ0v) is 10.9. The van der Waals surface area contributed by atoms with Crippen LogP contribution >= 0.6 is 0 Å². The Balaban J connectivity index is -0.000000114. The smallest absolute Gasteiger partial charge is 0.693 e. The number of hydrogen-bond acceptors (Lipinski definition) is 2. The Morgan fingerprint density at radius 2 is 1.53 bits per heavy atom. The molecule has 1 rings (SSSR count). The van der Waals surface area contributed by atoms with E-state index in [1.807, 2.05) is 13.8 Å². The van der Waals surface area contributed by atoms with Gasteiger partial charge in [-0.1, -0.05) is 26.0 Å². The minimum absolute atomic E-state index is 0. The molecular formula is C9H16N2O3Pt. The summed E-state index contributed by atoms with van der Waals surface area (Å²) >= 11 is 0. The van der Waals surface area contributed by atoms with Gasteiger partial charge in [0.2, 0.25) is 0 Å². The van der Waals surface area contributed by atoms with Crippen LogP contribution in [-0.4, -0.2) is 16.2 Å². The number of carbonyl (C=O) groups is 1.